The highest BCUT2D eigenvalue weighted by Gasteiger charge is 2.42. The molecule has 2 nitrogen and oxygen atoms in total. The molecule has 2 fully saturated rings. The fourth-order valence-electron chi connectivity index (χ4n) is 3.68. The van der Waals surface area contributed by atoms with Crippen LogP contribution in [0, 0.1) is 0 Å². The van der Waals surface area contributed by atoms with Gasteiger partial charge in [-0.3, -0.25) is 4.90 Å². The summed E-state index contributed by atoms with van der Waals surface area (Å²) < 4.78 is 1.19. The Bertz CT molecular complexity index is 440. The number of piperazine rings is 1. The molecular weight excluding hydrogens is 300 g/mol. The van der Waals surface area contributed by atoms with Crippen molar-refractivity contribution >= 4 is 15.9 Å². The van der Waals surface area contributed by atoms with E-state index in [0.717, 1.165) is 6.54 Å². The normalized spacial score (nSPS) is 26.9. The van der Waals surface area contributed by atoms with Crippen molar-refractivity contribution in [2.45, 2.75) is 50.7 Å². The van der Waals surface area contributed by atoms with Gasteiger partial charge >= 0.3 is 0 Å². The van der Waals surface area contributed by atoms with Crippen molar-refractivity contribution in [3.8, 4) is 0 Å². The van der Waals surface area contributed by atoms with Crippen molar-refractivity contribution in [2.75, 3.05) is 13.1 Å². The zero-order valence-electron chi connectivity index (χ0n) is 11.7. The van der Waals surface area contributed by atoms with Gasteiger partial charge in [0.1, 0.15) is 0 Å². The second kappa shape index (κ2) is 5.55. The van der Waals surface area contributed by atoms with E-state index in [-0.39, 0.29) is 0 Å². The van der Waals surface area contributed by atoms with E-state index in [4.69, 9.17) is 0 Å². The van der Waals surface area contributed by atoms with E-state index in [1.54, 1.807) is 0 Å². The van der Waals surface area contributed by atoms with Gasteiger partial charge in [0.15, 0.2) is 0 Å². The standard InChI is InChI=1S/C16H23BrN2/c1-13-10-19(11-14-5-4-6-15(17)9-14)16(12-18-13)7-2-3-8-16/h4-6,9,13,18H,2-3,7-8,10-12H2,1H3. The largest absolute Gasteiger partial charge is 0.311 e. The second-order valence-corrected chi connectivity index (χ2v) is 7.14. The molecule has 1 N–H and O–H groups in total. The van der Waals surface area contributed by atoms with Crippen LogP contribution in [-0.4, -0.2) is 29.6 Å². The molecule has 1 saturated carbocycles. The van der Waals surface area contributed by atoms with Crippen LogP contribution in [0.2, 0.25) is 0 Å². The van der Waals surface area contributed by atoms with E-state index in [0.29, 0.717) is 11.6 Å². The van der Waals surface area contributed by atoms with Crippen molar-refractivity contribution in [3.63, 3.8) is 0 Å². The van der Waals surface area contributed by atoms with Gasteiger partial charge in [0.05, 0.1) is 0 Å². The number of nitrogens with zero attached hydrogens (tertiary/aromatic N) is 1. The summed E-state index contributed by atoms with van der Waals surface area (Å²) in [4.78, 5) is 2.74. The van der Waals surface area contributed by atoms with Crippen LogP contribution in [0.3, 0.4) is 0 Å². The van der Waals surface area contributed by atoms with Crippen LogP contribution in [0.1, 0.15) is 38.2 Å². The predicted octanol–water partition coefficient (Wildman–Crippen LogP) is 3.56. The highest BCUT2D eigenvalue weighted by atomic mass is 79.9. The minimum absolute atomic E-state index is 0.425. The summed E-state index contributed by atoms with van der Waals surface area (Å²) in [6, 6.07) is 9.37. The third kappa shape index (κ3) is 2.88. The molecule has 0 amide bonds. The van der Waals surface area contributed by atoms with Crippen LogP contribution in [0.5, 0.6) is 0 Å². The first-order valence-corrected chi connectivity index (χ1v) is 8.20. The summed E-state index contributed by atoms with van der Waals surface area (Å²) in [6.45, 7) is 5.73. The molecule has 104 valence electrons. The van der Waals surface area contributed by atoms with E-state index in [1.165, 1.54) is 48.8 Å². The molecule has 0 aromatic heterocycles. The highest BCUT2D eigenvalue weighted by molar-refractivity contribution is 9.10. The van der Waals surface area contributed by atoms with Gasteiger partial charge in [0.2, 0.25) is 0 Å². The van der Waals surface area contributed by atoms with E-state index in [1.807, 2.05) is 0 Å². The van der Waals surface area contributed by atoms with Crippen LogP contribution in [0.25, 0.3) is 0 Å². The molecule has 1 aliphatic heterocycles. The van der Waals surface area contributed by atoms with Crippen molar-refractivity contribution in [1.82, 2.24) is 10.2 Å². The average molecular weight is 323 g/mol. The summed E-state index contributed by atoms with van der Waals surface area (Å²) in [7, 11) is 0. The van der Waals surface area contributed by atoms with Gasteiger partial charge in [0.25, 0.3) is 0 Å². The van der Waals surface area contributed by atoms with Gasteiger partial charge in [-0.2, -0.15) is 0 Å². The van der Waals surface area contributed by atoms with Gasteiger partial charge in [-0.1, -0.05) is 40.9 Å². The maximum absolute atomic E-state index is 3.69. The summed E-state index contributed by atoms with van der Waals surface area (Å²) >= 11 is 3.58. The van der Waals surface area contributed by atoms with Crippen molar-refractivity contribution < 1.29 is 0 Å². The number of halogens is 1. The molecule has 1 aliphatic carbocycles. The van der Waals surface area contributed by atoms with Gasteiger partial charge in [-0.15, -0.1) is 0 Å². The van der Waals surface area contributed by atoms with Crippen LogP contribution in [0.15, 0.2) is 28.7 Å². The smallest absolute Gasteiger partial charge is 0.0338 e. The first-order valence-electron chi connectivity index (χ1n) is 7.41. The Hall–Kier alpha value is -0.380. The maximum Gasteiger partial charge on any atom is 0.0338 e. The quantitative estimate of drug-likeness (QED) is 0.895. The molecule has 3 rings (SSSR count). The third-order valence-corrected chi connectivity index (χ3v) is 5.23. The van der Waals surface area contributed by atoms with Crippen LogP contribution in [0.4, 0.5) is 0 Å². The fraction of sp³-hybridized carbons (Fsp3) is 0.625. The van der Waals surface area contributed by atoms with Crippen LogP contribution in [-0.2, 0) is 6.54 Å². The lowest BCUT2D eigenvalue weighted by atomic mass is 9.90. The van der Waals surface area contributed by atoms with E-state index >= 15 is 0 Å². The molecule has 0 radical (unpaired) electrons. The Morgan fingerprint density at radius 1 is 1.37 bits per heavy atom. The number of nitrogens with one attached hydrogen (secondary N) is 1. The Balaban J connectivity index is 1.79. The molecule has 1 aromatic rings. The van der Waals surface area contributed by atoms with Crippen molar-refractivity contribution in [3.05, 3.63) is 34.3 Å². The first-order chi connectivity index (χ1) is 9.18. The van der Waals surface area contributed by atoms with Crippen molar-refractivity contribution in [1.29, 1.82) is 0 Å². The Morgan fingerprint density at radius 2 is 2.16 bits per heavy atom. The number of hydrogen-bond donors (Lipinski definition) is 1. The Morgan fingerprint density at radius 3 is 2.89 bits per heavy atom. The number of hydrogen-bond acceptors (Lipinski definition) is 2. The summed E-state index contributed by atoms with van der Waals surface area (Å²) in [5, 5.41) is 3.69. The summed E-state index contributed by atoms with van der Waals surface area (Å²) in [5.41, 5.74) is 1.85. The Kier molecular flexibility index (Phi) is 3.97. The predicted molar refractivity (Wildman–Crippen MR) is 83.2 cm³/mol. The van der Waals surface area contributed by atoms with Crippen LogP contribution < -0.4 is 5.32 Å². The minimum atomic E-state index is 0.425. The second-order valence-electron chi connectivity index (χ2n) is 6.22. The number of benzene rings is 1. The number of rotatable bonds is 2. The van der Waals surface area contributed by atoms with Gasteiger partial charge < -0.3 is 5.32 Å². The SMILES string of the molecule is CC1CN(Cc2cccc(Br)c2)C2(CCCC2)CN1. The lowest BCUT2D eigenvalue weighted by Gasteiger charge is -2.48. The molecule has 1 spiro atoms. The molecule has 19 heavy (non-hydrogen) atoms. The summed E-state index contributed by atoms with van der Waals surface area (Å²) in [6.07, 6.45) is 5.51. The molecule has 1 atom stereocenters. The molecule has 0 bridgehead atoms. The van der Waals surface area contributed by atoms with Crippen molar-refractivity contribution in [2.24, 2.45) is 0 Å². The van der Waals surface area contributed by atoms with Gasteiger partial charge in [0, 0.05) is 35.7 Å². The zero-order valence-corrected chi connectivity index (χ0v) is 13.2. The molecule has 1 saturated heterocycles. The highest BCUT2D eigenvalue weighted by Crippen LogP contribution is 2.37. The molecule has 2 aliphatic rings. The molecule has 1 unspecified atom stereocenters. The topological polar surface area (TPSA) is 15.3 Å². The van der Waals surface area contributed by atoms with E-state index in [9.17, 15) is 0 Å². The lowest BCUT2D eigenvalue weighted by Crippen LogP contribution is -2.62. The van der Waals surface area contributed by atoms with Gasteiger partial charge in [-0.05, 0) is 37.5 Å². The third-order valence-electron chi connectivity index (χ3n) is 4.74. The monoisotopic (exact) mass is 322 g/mol. The minimum Gasteiger partial charge on any atom is -0.311 e. The van der Waals surface area contributed by atoms with Crippen LogP contribution >= 0.6 is 15.9 Å². The average Bonchev–Trinajstić information content (AvgIpc) is 2.84. The fourth-order valence-corrected chi connectivity index (χ4v) is 4.13. The maximum atomic E-state index is 3.69. The lowest BCUT2D eigenvalue weighted by molar-refractivity contribution is 0.0393. The summed E-state index contributed by atoms with van der Waals surface area (Å²) in [5.74, 6) is 0. The molecular formula is C16H23BrN2. The van der Waals surface area contributed by atoms with E-state index < -0.39 is 0 Å². The molecule has 1 aromatic carbocycles. The first kappa shape index (κ1) is 13.6. The molecule has 3 heteroatoms. The van der Waals surface area contributed by atoms with Gasteiger partial charge in [-0.25, -0.2) is 0 Å². The Labute approximate surface area is 124 Å². The zero-order chi connectivity index (χ0) is 13.3. The van der Waals surface area contributed by atoms with E-state index in [2.05, 4.69) is 57.3 Å². The molecule has 1 heterocycles.